The van der Waals surface area contributed by atoms with Gasteiger partial charge in [-0.05, 0) is 31.9 Å². The highest BCUT2D eigenvalue weighted by Crippen LogP contribution is 2.48. The zero-order valence-electron chi connectivity index (χ0n) is 14.8. The van der Waals surface area contributed by atoms with E-state index in [2.05, 4.69) is 5.92 Å². The van der Waals surface area contributed by atoms with E-state index in [1.165, 1.54) is 0 Å². The molecule has 26 heavy (non-hydrogen) atoms. The van der Waals surface area contributed by atoms with Crippen LogP contribution in [0.1, 0.15) is 44.1 Å². The van der Waals surface area contributed by atoms with Crippen molar-refractivity contribution in [3.63, 3.8) is 0 Å². The summed E-state index contributed by atoms with van der Waals surface area (Å²) in [7, 11) is 0. The number of rotatable bonds is 6. The molecule has 5 heteroatoms. The fourth-order valence-electron chi connectivity index (χ4n) is 3.51. The van der Waals surface area contributed by atoms with Crippen LogP contribution in [-0.2, 0) is 14.3 Å². The zero-order valence-corrected chi connectivity index (χ0v) is 14.8. The number of allylic oxidation sites excluding steroid dienone is 1. The van der Waals surface area contributed by atoms with Crippen molar-refractivity contribution in [3.05, 3.63) is 35.4 Å². The highest BCUT2D eigenvalue weighted by atomic mass is 16.5. The van der Waals surface area contributed by atoms with Gasteiger partial charge in [-0.1, -0.05) is 12.1 Å². The summed E-state index contributed by atoms with van der Waals surface area (Å²) in [5.74, 6) is 3.47. The van der Waals surface area contributed by atoms with Gasteiger partial charge in [0.2, 0.25) is 0 Å². The van der Waals surface area contributed by atoms with Gasteiger partial charge in [-0.15, -0.1) is 12.3 Å². The molecule has 0 bridgehead atoms. The summed E-state index contributed by atoms with van der Waals surface area (Å²) < 4.78 is 16.3. The Bertz CT molecular complexity index is 771. The third-order valence-electron chi connectivity index (χ3n) is 4.77. The number of terminal acetylenes is 1. The molecule has 0 amide bonds. The van der Waals surface area contributed by atoms with Crippen LogP contribution in [0.2, 0.25) is 0 Å². The maximum absolute atomic E-state index is 12.1. The number of hydrogen-bond acceptors (Lipinski definition) is 5. The maximum Gasteiger partial charge on any atom is 0.333 e. The van der Waals surface area contributed by atoms with Crippen LogP contribution in [0.25, 0.3) is 0 Å². The minimum absolute atomic E-state index is 0.0310. The highest BCUT2D eigenvalue weighted by molar-refractivity contribution is 5.88. The summed E-state index contributed by atoms with van der Waals surface area (Å²) in [6.45, 7) is 2.60. The molecule has 0 aliphatic carbocycles. The number of carbonyl (C=O) groups excluding carboxylic acids is 2. The third-order valence-corrected chi connectivity index (χ3v) is 4.77. The number of esters is 2. The molecule has 2 aliphatic heterocycles. The molecule has 136 valence electrons. The lowest BCUT2D eigenvalue weighted by atomic mass is 9.78. The van der Waals surface area contributed by atoms with E-state index < -0.39 is 0 Å². The lowest BCUT2D eigenvalue weighted by molar-refractivity contribution is -0.139. The lowest BCUT2D eigenvalue weighted by Gasteiger charge is -2.36. The first-order valence-electron chi connectivity index (χ1n) is 8.90. The summed E-state index contributed by atoms with van der Waals surface area (Å²) in [5, 5.41) is 0. The van der Waals surface area contributed by atoms with Crippen molar-refractivity contribution < 1.29 is 23.8 Å². The molecule has 0 unspecified atom stereocenters. The fourth-order valence-corrected chi connectivity index (χ4v) is 3.51. The molecule has 0 saturated heterocycles. The molecule has 2 aliphatic rings. The summed E-state index contributed by atoms with van der Waals surface area (Å²) in [5.41, 5.74) is 1.54. The molecule has 0 saturated carbocycles. The lowest BCUT2D eigenvalue weighted by Crippen LogP contribution is -2.32. The van der Waals surface area contributed by atoms with Gasteiger partial charge in [0.1, 0.15) is 11.5 Å². The predicted octanol–water partition coefficient (Wildman–Crippen LogP) is 3.38. The van der Waals surface area contributed by atoms with E-state index in [9.17, 15) is 9.59 Å². The van der Waals surface area contributed by atoms with Gasteiger partial charge in [-0.3, -0.25) is 4.79 Å². The van der Waals surface area contributed by atoms with E-state index in [4.69, 9.17) is 20.6 Å². The Morgan fingerprint density at radius 2 is 2.23 bits per heavy atom. The van der Waals surface area contributed by atoms with Gasteiger partial charge in [0.25, 0.3) is 0 Å². The fraction of sp³-hybridized carbons (Fsp3) is 0.429. The van der Waals surface area contributed by atoms with Gasteiger partial charge in [-0.25, -0.2) is 4.79 Å². The van der Waals surface area contributed by atoms with Crippen LogP contribution < -0.4 is 9.47 Å². The van der Waals surface area contributed by atoms with Crippen LogP contribution in [0, 0.1) is 18.3 Å². The van der Waals surface area contributed by atoms with Crippen LogP contribution >= 0.6 is 0 Å². The van der Waals surface area contributed by atoms with Crippen molar-refractivity contribution in [2.75, 3.05) is 13.2 Å². The standard InChI is InChI=1S/C21H22O5/c1-3-5-7-14(21(23)24-4-2)10-11-15-13-25-17-8-6-9-18-20(17)16(15)12-19(22)26-18/h1,6,8-10,15-16H,4-5,7,11-13H2,2H3/b14-10+/t15-,16+/m0/s1. The molecule has 0 fully saturated rings. The molecule has 2 atom stereocenters. The van der Waals surface area contributed by atoms with Crippen LogP contribution in [0.3, 0.4) is 0 Å². The number of benzene rings is 1. The van der Waals surface area contributed by atoms with Crippen molar-refractivity contribution in [1.29, 1.82) is 0 Å². The maximum atomic E-state index is 12.1. The first-order chi connectivity index (χ1) is 12.6. The van der Waals surface area contributed by atoms with E-state index in [0.717, 1.165) is 11.3 Å². The van der Waals surface area contributed by atoms with Crippen molar-refractivity contribution >= 4 is 11.9 Å². The molecular formula is C21H22O5. The van der Waals surface area contributed by atoms with Gasteiger partial charge in [0.15, 0.2) is 0 Å². The third kappa shape index (κ3) is 3.75. The van der Waals surface area contributed by atoms with Crippen LogP contribution in [-0.4, -0.2) is 25.2 Å². The monoisotopic (exact) mass is 354 g/mol. The average Bonchev–Trinajstić information content (AvgIpc) is 2.63. The molecule has 2 heterocycles. The highest BCUT2D eigenvalue weighted by Gasteiger charge is 2.38. The normalized spacial score (nSPS) is 21.1. The molecule has 1 aromatic carbocycles. The van der Waals surface area contributed by atoms with Gasteiger partial charge in [0.05, 0.1) is 19.6 Å². The molecule has 0 N–H and O–H groups in total. The van der Waals surface area contributed by atoms with Crippen LogP contribution in [0.15, 0.2) is 29.8 Å². The van der Waals surface area contributed by atoms with Crippen molar-refractivity contribution in [2.45, 2.75) is 38.5 Å². The van der Waals surface area contributed by atoms with Gasteiger partial charge >= 0.3 is 11.9 Å². The Labute approximate surface area is 153 Å². The summed E-state index contributed by atoms with van der Waals surface area (Å²) in [4.78, 5) is 24.1. The van der Waals surface area contributed by atoms with Crippen molar-refractivity contribution in [2.24, 2.45) is 5.92 Å². The van der Waals surface area contributed by atoms with E-state index >= 15 is 0 Å². The SMILES string of the molecule is C#CCC/C(=C\C[C@H]1COc2cccc3c2[C@@H]1CC(=O)O3)C(=O)OCC. The number of ether oxygens (including phenoxy) is 3. The molecular weight excluding hydrogens is 332 g/mol. The summed E-state index contributed by atoms with van der Waals surface area (Å²) >= 11 is 0. The van der Waals surface area contributed by atoms with Crippen molar-refractivity contribution in [1.82, 2.24) is 0 Å². The summed E-state index contributed by atoms with van der Waals surface area (Å²) in [6.07, 6.45) is 9.12. The van der Waals surface area contributed by atoms with Gasteiger partial charge < -0.3 is 14.2 Å². The Morgan fingerprint density at radius 1 is 1.42 bits per heavy atom. The predicted molar refractivity (Wildman–Crippen MR) is 95.8 cm³/mol. The van der Waals surface area contributed by atoms with E-state index in [1.807, 2.05) is 18.2 Å². The van der Waals surface area contributed by atoms with E-state index in [1.54, 1.807) is 13.0 Å². The minimum atomic E-state index is -0.330. The van der Waals surface area contributed by atoms with E-state index in [-0.39, 0.29) is 23.8 Å². The molecule has 0 spiro atoms. The van der Waals surface area contributed by atoms with E-state index in [0.29, 0.717) is 50.2 Å². The molecule has 0 aromatic heterocycles. The Morgan fingerprint density at radius 3 is 3.00 bits per heavy atom. The second kappa shape index (κ2) is 8.09. The Kier molecular flexibility index (Phi) is 5.62. The second-order valence-corrected chi connectivity index (χ2v) is 6.41. The first-order valence-corrected chi connectivity index (χ1v) is 8.90. The quantitative estimate of drug-likeness (QED) is 0.339. The number of carbonyl (C=O) groups is 2. The van der Waals surface area contributed by atoms with Gasteiger partial charge in [0, 0.05) is 29.4 Å². The Hall–Kier alpha value is -2.74. The largest absolute Gasteiger partial charge is 0.493 e. The smallest absolute Gasteiger partial charge is 0.333 e. The minimum Gasteiger partial charge on any atom is -0.493 e. The zero-order chi connectivity index (χ0) is 18.5. The topological polar surface area (TPSA) is 61.8 Å². The second-order valence-electron chi connectivity index (χ2n) is 6.41. The van der Waals surface area contributed by atoms with Crippen LogP contribution in [0.5, 0.6) is 11.5 Å². The Balaban J connectivity index is 1.81. The number of hydrogen-bond donors (Lipinski definition) is 0. The van der Waals surface area contributed by atoms with Crippen LogP contribution in [0.4, 0.5) is 0 Å². The molecule has 3 rings (SSSR count). The average molecular weight is 354 g/mol. The molecule has 1 aromatic rings. The first kappa shape index (κ1) is 18.1. The van der Waals surface area contributed by atoms with Crippen molar-refractivity contribution in [3.8, 4) is 23.8 Å². The van der Waals surface area contributed by atoms with Gasteiger partial charge in [-0.2, -0.15) is 0 Å². The molecule has 5 nitrogen and oxygen atoms in total. The molecule has 0 radical (unpaired) electrons. The summed E-state index contributed by atoms with van der Waals surface area (Å²) in [6, 6.07) is 5.51.